The quantitative estimate of drug-likeness (QED) is 0.639. The summed E-state index contributed by atoms with van der Waals surface area (Å²) in [7, 11) is 0. The summed E-state index contributed by atoms with van der Waals surface area (Å²) in [5, 5.41) is 12.4. The van der Waals surface area contributed by atoms with Crippen molar-refractivity contribution in [3.8, 4) is 0 Å². The van der Waals surface area contributed by atoms with Crippen LogP contribution in [0.1, 0.15) is 25.7 Å². The van der Waals surface area contributed by atoms with E-state index in [0.29, 0.717) is 25.8 Å². The Morgan fingerprint density at radius 2 is 2.36 bits per heavy atom. The van der Waals surface area contributed by atoms with Crippen molar-refractivity contribution in [2.75, 3.05) is 13.1 Å². The van der Waals surface area contributed by atoms with Crippen LogP contribution in [0.2, 0.25) is 0 Å². The number of piperidine rings is 1. The van der Waals surface area contributed by atoms with Crippen molar-refractivity contribution in [3.05, 3.63) is 0 Å². The van der Waals surface area contributed by atoms with Gasteiger partial charge in [0.1, 0.15) is 5.78 Å². The fraction of sp³-hybridized carbons (Fsp3) is 0.800. The van der Waals surface area contributed by atoms with Crippen LogP contribution in [0.15, 0.2) is 0 Å². The van der Waals surface area contributed by atoms with Crippen molar-refractivity contribution in [2.24, 2.45) is 11.3 Å². The lowest BCUT2D eigenvalue weighted by molar-refractivity contribution is -0.158. The Labute approximate surface area is 82.7 Å². The van der Waals surface area contributed by atoms with Crippen molar-refractivity contribution >= 4 is 11.8 Å². The van der Waals surface area contributed by atoms with Crippen LogP contribution >= 0.6 is 0 Å². The molecule has 1 saturated carbocycles. The Morgan fingerprint density at radius 1 is 1.57 bits per heavy atom. The van der Waals surface area contributed by atoms with Gasteiger partial charge in [-0.05, 0) is 25.3 Å². The fourth-order valence-corrected chi connectivity index (χ4v) is 2.69. The molecule has 1 aliphatic carbocycles. The average Bonchev–Trinajstić information content (AvgIpc) is 2.17. The van der Waals surface area contributed by atoms with Crippen molar-refractivity contribution < 1.29 is 14.7 Å². The van der Waals surface area contributed by atoms with E-state index >= 15 is 0 Å². The van der Waals surface area contributed by atoms with E-state index in [9.17, 15) is 14.7 Å². The number of carbonyl (C=O) groups is 2. The van der Waals surface area contributed by atoms with Gasteiger partial charge in [-0.3, -0.25) is 9.59 Å². The first-order valence-corrected chi connectivity index (χ1v) is 5.11. The predicted molar refractivity (Wildman–Crippen MR) is 49.9 cm³/mol. The number of hydrogen-bond donors (Lipinski definition) is 2. The van der Waals surface area contributed by atoms with Gasteiger partial charge in [-0.15, -0.1) is 0 Å². The number of carboxylic acid groups (broad SMARTS) is 1. The highest BCUT2D eigenvalue weighted by atomic mass is 16.4. The van der Waals surface area contributed by atoms with Gasteiger partial charge in [0.25, 0.3) is 0 Å². The number of ketones is 1. The highest BCUT2D eigenvalue weighted by molar-refractivity contribution is 5.84. The van der Waals surface area contributed by atoms with Gasteiger partial charge in [0, 0.05) is 19.4 Å². The van der Waals surface area contributed by atoms with Crippen LogP contribution in [0.5, 0.6) is 0 Å². The molecule has 4 nitrogen and oxygen atoms in total. The number of carboxylic acids is 1. The smallest absolute Gasteiger partial charge is 0.311 e. The molecule has 14 heavy (non-hydrogen) atoms. The first-order valence-electron chi connectivity index (χ1n) is 5.11. The molecule has 1 heterocycles. The average molecular weight is 197 g/mol. The van der Waals surface area contributed by atoms with E-state index in [1.807, 2.05) is 0 Å². The number of nitrogens with one attached hydrogen (secondary N) is 1. The Morgan fingerprint density at radius 3 is 3.07 bits per heavy atom. The van der Waals surface area contributed by atoms with Gasteiger partial charge in [0.05, 0.1) is 5.41 Å². The van der Waals surface area contributed by atoms with Crippen LogP contribution in [0, 0.1) is 11.3 Å². The molecule has 0 radical (unpaired) electrons. The van der Waals surface area contributed by atoms with Gasteiger partial charge < -0.3 is 10.4 Å². The summed E-state index contributed by atoms with van der Waals surface area (Å²) >= 11 is 0. The molecule has 0 spiro atoms. The molecule has 2 unspecified atom stereocenters. The number of carbonyl (C=O) groups excluding carboxylic acids is 1. The number of aliphatic carboxylic acids is 1. The minimum absolute atomic E-state index is 0.0579. The summed E-state index contributed by atoms with van der Waals surface area (Å²) in [4.78, 5) is 22.5. The summed E-state index contributed by atoms with van der Waals surface area (Å²) < 4.78 is 0. The Balaban J connectivity index is 2.24. The van der Waals surface area contributed by atoms with E-state index in [1.54, 1.807) is 0 Å². The molecular formula is C10H15NO3. The van der Waals surface area contributed by atoms with Gasteiger partial charge in [0.15, 0.2) is 0 Å². The predicted octanol–water partition coefficient (Wildman–Crippen LogP) is 0.420. The molecule has 0 aromatic heterocycles. The summed E-state index contributed by atoms with van der Waals surface area (Å²) in [5.74, 6) is -0.446. The van der Waals surface area contributed by atoms with Crippen LogP contribution in [0.3, 0.4) is 0 Å². The Kier molecular flexibility index (Phi) is 2.31. The topological polar surface area (TPSA) is 66.4 Å². The van der Waals surface area contributed by atoms with E-state index in [1.165, 1.54) is 0 Å². The third-order valence-corrected chi connectivity index (χ3v) is 3.64. The van der Waals surface area contributed by atoms with E-state index in [0.717, 1.165) is 13.0 Å². The lowest BCUT2D eigenvalue weighted by atomic mass is 9.63. The maximum Gasteiger partial charge on any atom is 0.311 e. The molecule has 2 N–H and O–H groups in total. The van der Waals surface area contributed by atoms with Gasteiger partial charge in [-0.25, -0.2) is 0 Å². The zero-order valence-corrected chi connectivity index (χ0v) is 8.08. The van der Waals surface area contributed by atoms with E-state index in [4.69, 9.17) is 0 Å². The molecule has 78 valence electrons. The van der Waals surface area contributed by atoms with Gasteiger partial charge in [-0.2, -0.15) is 0 Å². The second kappa shape index (κ2) is 3.35. The molecule has 0 bridgehead atoms. The molecule has 0 amide bonds. The van der Waals surface area contributed by atoms with E-state index < -0.39 is 11.4 Å². The standard InChI is InChI=1S/C10H15NO3/c12-8-1-3-10(9(13)14)6-11-4-2-7(10)5-8/h7,11H,1-6H2,(H,13,14). The summed E-state index contributed by atoms with van der Waals surface area (Å²) in [6, 6.07) is 0. The molecule has 0 aromatic carbocycles. The Bertz CT molecular complexity index is 277. The van der Waals surface area contributed by atoms with Crippen molar-refractivity contribution in [1.82, 2.24) is 5.32 Å². The molecule has 2 rings (SSSR count). The highest BCUT2D eigenvalue weighted by Gasteiger charge is 2.50. The minimum Gasteiger partial charge on any atom is -0.481 e. The zero-order valence-electron chi connectivity index (χ0n) is 8.08. The van der Waals surface area contributed by atoms with Crippen molar-refractivity contribution in [1.29, 1.82) is 0 Å². The van der Waals surface area contributed by atoms with E-state index in [2.05, 4.69) is 5.32 Å². The molecule has 2 fully saturated rings. The third kappa shape index (κ3) is 1.34. The summed E-state index contributed by atoms with van der Waals surface area (Å²) in [6.07, 6.45) is 2.23. The van der Waals surface area contributed by atoms with Crippen LogP contribution in [-0.2, 0) is 9.59 Å². The first-order chi connectivity index (χ1) is 6.65. The van der Waals surface area contributed by atoms with Crippen molar-refractivity contribution in [2.45, 2.75) is 25.7 Å². The summed E-state index contributed by atoms with van der Waals surface area (Å²) in [6.45, 7) is 1.37. The molecule has 2 aliphatic rings. The largest absolute Gasteiger partial charge is 0.481 e. The first kappa shape index (κ1) is 9.65. The number of rotatable bonds is 1. The van der Waals surface area contributed by atoms with Crippen LogP contribution in [0.4, 0.5) is 0 Å². The van der Waals surface area contributed by atoms with Crippen LogP contribution < -0.4 is 5.32 Å². The second-order valence-corrected chi connectivity index (χ2v) is 4.37. The molecule has 2 atom stereocenters. The summed E-state index contributed by atoms with van der Waals surface area (Å²) in [5.41, 5.74) is -0.661. The van der Waals surface area contributed by atoms with E-state index in [-0.39, 0.29) is 11.7 Å². The molecule has 1 saturated heterocycles. The monoisotopic (exact) mass is 197 g/mol. The molecule has 4 heteroatoms. The lowest BCUT2D eigenvalue weighted by Gasteiger charge is -2.43. The maximum atomic E-state index is 11.3. The third-order valence-electron chi connectivity index (χ3n) is 3.64. The maximum absolute atomic E-state index is 11.3. The van der Waals surface area contributed by atoms with Gasteiger partial charge >= 0.3 is 5.97 Å². The zero-order chi connectivity index (χ0) is 10.2. The lowest BCUT2D eigenvalue weighted by Crippen LogP contribution is -2.54. The van der Waals surface area contributed by atoms with Crippen LogP contribution in [0.25, 0.3) is 0 Å². The Hall–Kier alpha value is -0.900. The van der Waals surface area contributed by atoms with Crippen LogP contribution in [-0.4, -0.2) is 29.9 Å². The van der Waals surface area contributed by atoms with Gasteiger partial charge in [-0.1, -0.05) is 0 Å². The van der Waals surface area contributed by atoms with Gasteiger partial charge in [0.2, 0.25) is 0 Å². The number of fused-ring (bicyclic) bond motifs is 1. The SMILES string of the molecule is O=C1CCC2(C(=O)O)CNCCC2C1. The minimum atomic E-state index is -0.734. The van der Waals surface area contributed by atoms with Crippen molar-refractivity contribution in [3.63, 3.8) is 0 Å². The fourth-order valence-electron chi connectivity index (χ4n) is 2.69. The number of hydrogen-bond acceptors (Lipinski definition) is 3. The normalized spacial score (nSPS) is 37.7. The second-order valence-electron chi connectivity index (χ2n) is 4.37. The highest BCUT2D eigenvalue weighted by Crippen LogP contribution is 2.43. The molecule has 0 aromatic rings. The number of Topliss-reactive ketones (excluding diaryl/α,β-unsaturated/α-hetero) is 1. The molecule has 1 aliphatic heterocycles. The molecular weight excluding hydrogens is 182 g/mol.